The van der Waals surface area contributed by atoms with Crippen molar-refractivity contribution in [2.75, 3.05) is 6.54 Å². The molecule has 0 bridgehead atoms. The number of rotatable bonds is 8. The maximum atomic E-state index is 4.53. The molecule has 0 unspecified atom stereocenters. The minimum absolute atomic E-state index is 0.693. The van der Waals surface area contributed by atoms with Gasteiger partial charge in [-0.25, -0.2) is 9.67 Å². The monoisotopic (exact) mass is 287 g/mol. The Morgan fingerprint density at radius 2 is 2.00 bits per heavy atom. The van der Waals surface area contributed by atoms with Crippen LogP contribution >= 0.6 is 0 Å². The molecular formula is C16H25N5. The highest BCUT2D eigenvalue weighted by Crippen LogP contribution is 2.06. The fraction of sp³-hybridized carbons (Fsp3) is 0.562. The van der Waals surface area contributed by atoms with E-state index in [1.54, 1.807) is 0 Å². The van der Waals surface area contributed by atoms with Gasteiger partial charge in [-0.15, -0.1) is 0 Å². The number of nitrogens with zero attached hydrogens (tertiary/aromatic N) is 4. The predicted octanol–water partition coefficient (Wildman–Crippen LogP) is 2.35. The number of hydrogen-bond acceptors (Lipinski definition) is 4. The zero-order valence-electron chi connectivity index (χ0n) is 13.3. The number of aromatic nitrogens is 4. The van der Waals surface area contributed by atoms with Crippen LogP contribution in [0.1, 0.15) is 50.1 Å². The summed E-state index contributed by atoms with van der Waals surface area (Å²) in [6.45, 7) is 8.97. The van der Waals surface area contributed by atoms with E-state index in [0.717, 1.165) is 49.7 Å². The number of pyridine rings is 1. The second-order valence-electron chi connectivity index (χ2n) is 5.14. The third-order valence-corrected chi connectivity index (χ3v) is 3.38. The maximum Gasteiger partial charge on any atom is 0.150 e. The lowest BCUT2D eigenvalue weighted by Crippen LogP contribution is -2.14. The topological polar surface area (TPSA) is 55.6 Å². The Bertz CT molecular complexity index is 544. The van der Waals surface area contributed by atoms with Crippen LogP contribution in [0.15, 0.2) is 18.3 Å². The summed E-state index contributed by atoms with van der Waals surface area (Å²) in [6, 6.07) is 4.21. The van der Waals surface area contributed by atoms with Gasteiger partial charge in [0.05, 0.1) is 12.2 Å². The first-order valence-corrected chi connectivity index (χ1v) is 7.83. The van der Waals surface area contributed by atoms with E-state index in [1.165, 1.54) is 5.56 Å². The number of hydrogen-bond donors (Lipinski definition) is 1. The Morgan fingerprint density at radius 3 is 2.62 bits per heavy atom. The Hall–Kier alpha value is -1.75. The van der Waals surface area contributed by atoms with Crippen molar-refractivity contribution in [1.82, 2.24) is 25.1 Å². The molecule has 0 aromatic carbocycles. The smallest absolute Gasteiger partial charge is 0.150 e. The molecule has 0 aliphatic carbocycles. The first-order chi connectivity index (χ1) is 10.3. The second kappa shape index (κ2) is 7.88. The average Bonchev–Trinajstić information content (AvgIpc) is 2.91. The summed E-state index contributed by atoms with van der Waals surface area (Å²) < 4.78 is 1.97. The third kappa shape index (κ3) is 4.36. The molecule has 2 aromatic heterocycles. The lowest BCUT2D eigenvalue weighted by Gasteiger charge is -2.06. The highest BCUT2D eigenvalue weighted by atomic mass is 15.3. The molecule has 0 amide bonds. The highest BCUT2D eigenvalue weighted by Gasteiger charge is 2.08. The van der Waals surface area contributed by atoms with Gasteiger partial charge in [-0.3, -0.25) is 4.98 Å². The van der Waals surface area contributed by atoms with Crippen molar-refractivity contribution in [3.05, 3.63) is 41.2 Å². The van der Waals surface area contributed by atoms with Crippen LogP contribution in [0.2, 0.25) is 0 Å². The average molecular weight is 287 g/mol. The Labute approximate surface area is 126 Å². The molecule has 0 saturated carbocycles. The van der Waals surface area contributed by atoms with Gasteiger partial charge in [0.1, 0.15) is 5.82 Å². The summed E-state index contributed by atoms with van der Waals surface area (Å²) in [5, 5.41) is 7.91. The minimum Gasteiger partial charge on any atom is -0.313 e. The van der Waals surface area contributed by atoms with Crippen molar-refractivity contribution in [2.45, 2.75) is 53.1 Å². The quantitative estimate of drug-likeness (QED) is 0.757. The largest absolute Gasteiger partial charge is 0.313 e. The fourth-order valence-electron chi connectivity index (χ4n) is 2.18. The molecule has 114 valence electrons. The molecule has 0 fully saturated rings. The van der Waals surface area contributed by atoms with Crippen molar-refractivity contribution in [2.24, 2.45) is 0 Å². The first-order valence-electron chi connectivity index (χ1n) is 7.83. The van der Waals surface area contributed by atoms with Gasteiger partial charge in [-0.05, 0) is 24.6 Å². The van der Waals surface area contributed by atoms with Crippen LogP contribution in [0.5, 0.6) is 0 Å². The molecule has 0 saturated heterocycles. The van der Waals surface area contributed by atoms with Crippen molar-refractivity contribution in [3.8, 4) is 0 Å². The van der Waals surface area contributed by atoms with Gasteiger partial charge in [0, 0.05) is 25.6 Å². The van der Waals surface area contributed by atoms with Crippen LogP contribution < -0.4 is 5.32 Å². The predicted molar refractivity (Wildman–Crippen MR) is 84.1 cm³/mol. The highest BCUT2D eigenvalue weighted by molar-refractivity contribution is 5.14. The first kappa shape index (κ1) is 15.6. The van der Waals surface area contributed by atoms with Crippen molar-refractivity contribution < 1.29 is 0 Å². The van der Waals surface area contributed by atoms with Crippen molar-refractivity contribution >= 4 is 0 Å². The SMILES string of the molecule is CCCNCc1ccc(Cn2nc(CC)nc2CC)nc1. The Morgan fingerprint density at radius 1 is 1.14 bits per heavy atom. The lowest BCUT2D eigenvalue weighted by molar-refractivity contribution is 0.624. The molecule has 2 heterocycles. The van der Waals surface area contributed by atoms with E-state index < -0.39 is 0 Å². The molecule has 0 atom stereocenters. The molecule has 2 rings (SSSR count). The second-order valence-corrected chi connectivity index (χ2v) is 5.14. The van der Waals surface area contributed by atoms with Gasteiger partial charge in [0.15, 0.2) is 5.82 Å². The van der Waals surface area contributed by atoms with Gasteiger partial charge >= 0.3 is 0 Å². The van der Waals surface area contributed by atoms with Crippen LogP contribution in [-0.2, 0) is 25.9 Å². The van der Waals surface area contributed by atoms with Crippen LogP contribution in [0.3, 0.4) is 0 Å². The normalized spacial score (nSPS) is 11.0. The minimum atomic E-state index is 0.693. The third-order valence-electron chi connectivity index (χ3n) is 3.38. The van der Waals surface area contributed by atoms with E-state index in [9.17, 15) is 0 Å². The van der Waals surface area contributed by atoms with Gasteiger partial charge in [-0.1, -0.05) is 26.8 Å². The van der Waals surface area contributed by atoms with Crippen molar-refractivity contribution in [1.29, 1.82) is 0 Å². The molecule has 0 spiro atoms. The standard InChI is InChI=1S/C16H25N5/c1-4-9-17-10-13-7-8-14(18-11-13)12-21-16(6-3)19-15(5-2)20-21/h7-8,11,17H,4-6,9-10,12H2,1-3H3. The molecule has 0 aliphatic rings. The van der Waals surface area contributed by atoms with Crippen LogP contribution in [-0.4, -0.2) is 26.3 Å². The van der Waals surface area contributed by atoms with E-state index in [0.29, 0.717) is 6.54 Å². The number of nitrogens with one attached hydrogen (secondary N) is 1. The van der Waals surface area contributed by atoms with E-state index in [-0.39, 0.29) is 0 Å². The van der Waals surface area contributed by atoms with E-state index in [4.69, 9.17) is 0 Å². The fourth-order valence-corrected chi connectivity index (χ4v) is 2.18. The zero-order chi connectivity index (χ0) is 15.1. The van der Waals surface area contributed by atoms with Crippen LogP contribution in [0.25, 0.3) is 0 Å². The van der Waals surface area contributed by atoms with E-state index in [1.807, 2.05) is 10.9 Å². The van der Waals surface area contributed by atoms with Crippen LogP contribution in [0, 0.1) is 0 Å². The summed E-state index contributed by atoms with van der Waals surface area (Å²) in [7, 11) is 0. The summed E-state index contributed by atoms with van der Waals surface area (Å²) in [4.78, 5) is 9.06. The van der Waals surface area contributed by atoms with Gasteiger partial charge in [0.25, 0.3) is 0 Å². The molecule has 5 heteroatoms. The van der Waals surface area contributed by atoms with Crippen LogP contribution in [0.4, 0.5) is 0 Å². The molecular weight excluding hydrogens is 262 g/mol. The van der Waals surface area contributed by atoms with Gasteiger partial charge in [0.2, 0.25) is 0 Å². The molecule has 1 N–H and O–H groups in total. The lowest BCUT2D eigenvalue weighted by atomic mass is 10.2. The molecule has 0 radical (unpaired) electrons. The molecule has 5 nitrogen and oxygen atoms in total. The molecule has 21 heavy (non-hydrogen) atoms. The summed E-state index contributed by atoms with van der Waals surface area (Å²) in [5.74, 6) is 1.94. The van der Waals surface area contributed by atoms with Gasteiger partial charge in [-0.2, -0.15) is 5.10 Å². The summed E-state index contributed by atoms with van der Waals surface area (Å²) >= 11 is 0. The zero-order valence-corrected chi connectivity index (χ0v) is 13.3. The molecule has 0 aliphatic heterocycles. The van der Waals surface area contributed by atoms with E-state index in [2.05, 4.69) is 53.3 Å². The Kier molecular flexibility index (Phi) is 5.87. The Balaban J connectivity index is 2.01. The molecule has 2 aromatic rings. The van der Waals surface area contributed by atoms with E-state index >= 15 is 0 Å². The van der Waals surface area contributed by atoms with Gasteiger partial charge < -0.3 is 5.32 Å². The summed E-state index contributed by atoms with van der Waals surface area (Å²) in [5.41, 5.74) is 2.24. The maximum absolute atomic E-state index is 4.53. The summed E-state index contributed by atoms with van der Waals surface area (Å²) in [6.07, 6.45) is 4.86. The number of aryl methyl sites for hydroxylation is 2. The van der Waals surface area contributed by atoms with Crippen molar-refractivity contribution in [3.63, 3.8) is 0 Å².